The summed E-state index contributed by atoms with van der Waals surface area (Å²) < 4.78 is 13.3. The van der Waals surface area contributed by atoms with Gasteiger partial charge < -0.3 is 0 Å². The Morgan fingerprint density at radius 1 is 1.05 bits per heavy atom. The molecular formula is C15H10ClFN2S. The molecule has 0 spiro atoms. The molecule has 0 fully saturated rings. The summed E-state index contributed by atoms with van der Waals surface area (Å²) in [7, 11) is 0. The van der Waals surface area contributed by atoms with Crippen LogP contribution in [0.15, 0.2) is 47.4 Å². The molecule has 2 aromatic carbocycles. The minimum absolute atomic E-state index is 0.332. The first-order valence-corrected chi connectivity index (χ1v) is 7.55. The first-order chi connectivity index (χ1) is 9.67. The molecule has 5 heteroatoms. The lowest BCUT2D eigenvalue weighted by atomic mass is 10.2. The van der Waals surface area contributed by atoms with E-state index in [-0.39, 0.29) is 5.82 Å². The van der Waals surface area contributed by atoms with Crippen molar-refractivity contribution in [2.75, 3.05) is 6.26 Å². The zero-order valence-corrected chi connectivity index (χ0v) is 12.2. The Morgan fingerprint density at radius 2 is 1.80 bits per heavy atom. The summed E-state index contributed by atoms with van der Waals surface area (Å²) in [5, 5.41) is 0.983. The van der Waals surface area contributed by atoms with E-state index in [1.54, 1.807) is 17.8 Å². The molecule has 2 nitrogen and oxygen atoms in total. The van der Waals surface area contributed by atoms with Crippen molar-refractivity contribution in [2.45, 2.75) is 4.90 Å². The van der Waals surface area contributed by atoms with Crippen molar-refractivity contribution < 1.29 is 4.39 Å². The van der Waals surface area contributed by atoms with Crippen LogP contribution in [0.3, 0.4) is 0 Å². The van der Waals surface area contributed by atoms with Crippen molar-refractivity contribution in [3.8, 4) is 11.4 Å². The van der Waals surface area contributed by atoms with Crippen LogP contribution >= 0.6 is 23.4 Å². The molecule has 3 rings (SSSR count). The van der Waals surface area contributed by atoms with Gasteiger partial charge in [-0.3, -0.25) is 0 Å². The van der Waals surface area contributed by atoms with Crippen molar-refractivity contribution in [3.63, 3.8) is 0 Å². The average Bonchev–Trinajstić information content (AvgIpc) is 2.46. The molecule has 20 heavy (non-hydrogen) atoms. The molecule has 1 aromatic heterocycles. The molecule has 0 amide bonds. The van der Waals surface area contributed by atoms with Crippen LogP contribution in [0, 0.1) is 5.82 Å². The van der Waals surface area contributed by atoms with E-state index in [1.807, 2.05) is 30.5 Å². The molecule has 1 heterocycles. The number of halogens is 2. The molecule has 0 saturated heterocycles. The quantitative estimate of drug-likeness (QED) is 0.502. The van der Waals surface area contributed by atoms with Crippen LogP contribution in [-0.4, -0.2) is 16.2 Å². The van der Waals surface area contributed by atoms with Gasteiger partial charge in [0.15, 0.2) is 5.82 Å². The van der Waals surface area contributed by atoms with Crippen LogP contribution in [0.1, 0.15) is 0 Å². The summed E-state index contributed by atoms with van der Waals surface area (Å²) in [5.41, 5.74) is 1.37. The zero-order chi connectivity index (χ0) is 14.1. The van der Waals surface area contributed by atoms with E-state index >= 15 is 0 Å². The zero-order valence-electron chi connectivity index (χ0n) is 10.6. The van der Waals surface area contributed by atoms with Crippen LogP contribution in [-0.2, 0) is 0 Å². The number of hydrogen-bond acceptors (Lipinski definition) is 3. The Morgan fingerprint density at radius 3 is 2.50 bits per heavy atom. The van der Waals surface area contributed by atoms with E-state index < -0.39 is 0 Å². The first kappa shape index (κ1) is 13.3. The number of hydrogen-bond donors (Lipinski definition) is 0. The van der Waals surface area contributed by atoms with E-state index in [4.69, 9.17) is 11.6 Å². The highest BCUT2D eigenvalue weighted by Crippen LogP contribution is 2.26. The van der Waals surface area contributed by atoms with E-state index in [1.165, 1.54) is 12.1 Å². The van der Waals surface area contributed by atoms with Gasteiger partial charge in [0.1, 0.15) is 11.0 Å². The molecule has 0 saturated carbocycles. The Bertz CT molecular complexity index is 775. The van der Waals surface area contributed by atoms with Crippen LogP contribution in [0.2, 0.25) is 5.15 Å². The third kappa shape index (κ3) is 2.49. The first-order valence-electron chi connectivity index (χ1n) is 5.94. The summed E-state index contributed by atoms with van der Waals surface area (Å²) in [4.78, 5) is 9.82. The van der Waals surface area contributed by atoms with Gasteiger partial charge >= 0.3 is 0 Å². The fourth-order valence-corrected chi connectivity index (χ4v) is 2.58. The van der Waals surface area contributed by atoms with Gasteiger partial charge in [-0.05, 0) is 30.5 Å². The summed E-state index contributed by atoms with van der Waals surface area (Å²) in [5.74, 6) is 0.164. The molecule has 0 bridgehead atoms. The lowest BCUT2D eigenvalue weighted by molar-refractivity contribution is 0.629. The summed E-state index contributed by atoms with van der Waals surface area (Å²) >= 11 is 7.81. The second-order valence-electron chi connectivity index (χ2n) is 4.23. The van der Waals surface area contributed by atoms with Crippen LogP contribution in [0.25, 0.3) is 22.3 Å². The van der Waals surface area contributed by atoms with Gasteiger partial charge in [0, 0.05) is 21.9 Å². The summed E-state index contributed by atoms with van der Waals surface area (Å²) in [6.45, 7) is 0. The van der Waals surface area contributed by atoms with E-state index in [0.29, 0.717) is 21.9 Å². The number of nitrogens with zero attached hydrogens (tertiary/aromatic N) is 2. The van der Waals surface area contributed by atoms with Gasteiger partial charge in [-0.2, -0.15) is 0 Å². The van der Waals surface area contributed by atoms with Crippen LogP contribution in [0.4, 0.5) is 4.39 Å². The highest BCUT2D eigenvalue weighted by Gasteiger charge is 2.08. The smallest absolute Gasteiger partial charge is 0.161 e. The molecule has 0 unspecified atom stereocenters. The van der Waals surface area contributed by atoms with Crippen LogP contribution < -0.4 is 0 Å². The number of aromatic nitrogens is 2. The number of rotatable bonds is 2. The van der Waals surface area contributed by atoms with Gasteiger partial charge in [0.05, 0.1) is 5.52 Å². The molecular weight excluding hydrogens is 295 g/mol. The highest BCUT2D eigenvalue weighted by atomic mass is 35.5. The molecule has 0 radical (unpaired) electrons. The van der Waals surface area contributed by atoms with E-state index in [9.17, 15) is 4.39 Å². The number of thioether (sulfide) groups is 1. The van der Waals surface area contributed by atoms with Gasteiger partial charge in [-0.25, -0.2) is 14.4 Å². The highest BCUT2D eigenvalue weighted by molar-refractivity contribution is 7.98. The fourth-order valence-electron chi connectivity index (χ4n) is 1.93. The largest absolute Gasteiger partial charge is 0.228 e. The van der Waals surface area contributed by atoms with Gasteiger partial charge in [0.2, 0.25) is 0 Å². The third-order valence-electron chi connectivity index (χ3n) is 2.96. The summed E-state index contributed by atoms with van der Waals surface area (Å²) in [6, 6.07) is 12.2. The monoisotopic (exact) mass is 304 g/mol. The molecule has 0 aliphatic rings. The maximum atomic E-state index is 13.3. The lowest BCUT2D eigenvalue weighted by Crippen LogP contribution is -1.92. The molecule has 0 aliphatic heterocycles. The topological polar surface area (TPSA) is 25.8 Å². The van der Waals surface area contributed by atoms with Gasteiger partial charge in [0.25, 0.3) is 0 Å². The van der Waals surface area contributed by atoms with Crippen molar-refractivity contribution in [2.24, 2.45) is 0 Å². The fraction of sp³-hybridized carbons (Fsp3) is 0.0667. The molecule has 0 atom stereocenters. The SMILES string of the molecule is CSc1ccc(-c2nc(Cl)c3ccc(F)cc3n2)cc1. The second kappa shape index (κ2) is 5.38. The number of fused-ring (bicyclic) bond motifs is 1. The molecule has 3 aromatic rings. The van der Waals surface area contributed by atoms with Gasteiger partial charge in [-0.15, -0.1) is 11.8 Å². The Hall–Kier alpha value is -1.65. The van der Waals surface area contributed by atoms with E-state index in [2.05, 4.69) is 9.97 Å². The van der Waals surface area contributed by atoms with E-state index in [0.717, 1.165) is 10.5 Å². The van der Waals surface area contributed by atoms with Crippen molar-refractivity contribution in [1.82, 2.24) is 9.97 Å². The average molecular weight is 305 g/mol. The molecule has 100 valence electrons. The third-order valence-corrected chi connectivity index (χ3v) is 3.99. The maximum Gasteiger partial charge on any atom is 0.161 e. The van der Waals surface area contributed by atoms with Crippen LogP contribution in [0.5, 0.6) is 0 Å². The minimum atomic E-state index is -0.337. The molecule has 0 N–H and O–H groups in total. The van der Waals surface area contributed by atoms with Gasteiger partial charge in [-0.1, -0.05) is 23.7 Å². The normalized spacial score (nSPS) is 10.9. The van der Waals surface area contributed by atoms with Crippen molar-refractivity contribution in [1.29, 1.82) is 0 Å². The number of benzene rings is 2. The maximum absolute atomic E-state index is 13.3. The minimum Gasteiger partial charge on any atom is -0.228 e. The molecule has 0 aliphatic carbocycles. The Labute approximate surface area is 125 Å². The Balaban J connectivity index is 2.15. The van der Waals surface area contributed by atoms with Crippen molar-refractivity contribution in [3.05, 3.63) is 53.4 Å². The summed E-state index contributed by atoms with van der Waals surface area (Å²) in [6.07, 6.45) is 2.02. The predicted octanol–water partition coefficient (Wildman–Crippen LogP) is 4.81. The second-order valence-corrected chi connectivity index (χ2v) is 5.47. The predicted molar refractivity (Wildman–Crippen MR) is 81.7 cm³/mol. The van der Waals surface area contributed by atoms with Crippen molar-refractivity contribution >= 4 is 34.3 Å². The lowest BCUT2D eigenvalue weighted by Gasteiger charge is -2.05. The Kier molecular flexibility index (Phi) is 3.59. The standard InChI is InChI=1S/C15H10ClFN2S/c1-20-11-5-2-9(3-6-11)15-18-13-8-10(17)4-7-12(13)14(16)19-15/h2-8H,1H3.